The topological polar surface area (TPSA) is 90.5 Å². The number of amides is 3. The van der Waals surface area contributed by atoms with Gasteiger partial charge in [-0.2, -0.15) is 0 Å². The van der Waals surface area contributed by atoms with Gasteiger partial charge >= 0.3 is 6.03 Å². The Morgan fingerprint density at radius 2 is 2.00 bits per heavy atom. The van der Waals surface area contributed by atoms with Crippen LogP contribution in [0.3, 0.4) is 0 Å². The van der Waals surface area contributed by atoms with Crippen molar-refractivity contribution in [2.45, 2.75) is 37.8 Å². The summed E-state index contributed by atoms with van der Waals surface area (Å²) in [7, 11) is 0. The van der Waals surface area contributed by atoms with Gasteiger partial charge in [-0.05, 0) is 49.9 Å². The maximum Gasteiger partial charge on any atom is 0.329 e. The Hall–Kier alpha value is -3.16. The summed E-state index contributed by atoms with van der Waals surface area (Å²) in [5, 5.41) is 5.83. The molecular formula is C20H22N6O2. The van der Waals surface area contributed by atoms with Crippen LogP contribution in [-0.4, -0.2) is 47.1 Å². The zero-order chi connectivity index (χ0) is 19.1. The van der Waals surface area contributed by atoms with Crippen LogP contribution in [0.15, 0.2) is 36.5 Å². The molecule has 2 bridgehead atoms. The van der Waals surface area contributed by atoms with Crippen molar-refractivity contribution in [2.75, 3.05) is 28.2 Å². The number of hydrogen-bond donors (Lipinski definition) is 2. The van der Waals surface area contributed by atoms with Crippen LogP contribution in [0.4, 0.5) is 22.1 Å². The molecule has 4 heterocycles. The second-order valence-electron chi connectivity index (χ2n) is 7.54. The molecule has 1 atom stereocenters. The van der Waals surface area contributed by atoms with Gasteiger partial charge in [-0.1, -0.05) is 6.07 Å². The maximum absolute atomic E-state index is 13.1. The first-order chi connectivity index (χ1) is 13.7. The Bertz CT molecular complexity index is 914. The number of urea groups is 1. The molecule has 1 saturated carbocycles. The summed E-state index contributed by atoms with van der Waals surface area (Å²) in [6.07, 6.45) is 5.60. The zero-order valence-electron chi connectivity index (χ0n) is 15.5. The quantitative estimate of drug-likeness (QED) is 0.856. The second-order valence-corrected chi connectivity index (χ2v) is 7.54. The summed E-state index contributed by atoms with van der Waals surface area (Å²) in [5.74, 6) is 0.865. The number of nitrogens with zero attached hydrogens (tertiary/aromatic N) is 4. The van der Waals surface area contributed by atoms with Crippen molar-refractivity contribution in [1.82, 2.24) is 15.3 Å². The molecule has 0 spiro atoms. The fourth-order valence-electron chi connectivity index (χ4n) is 3.90. The highest BCUT2D eigenvalue weighted by atomic mass is 16.2. The first kappa shape index (κ1) is 17.0. The maximum atomic E-state index is 13.1. The summed E-state index contributed by atoms with van der Waals surface area (Å²) >= 11 is 0. The molecule has 2 aromatic heterocycles. The number of rotatable bonds is 3. The van der Waals surface area contributed by atoms with Crippen LogP contribution in [-0.2, 0) is 0 Å². The van der Waals surface area contributed by atoms with Crippen molar-refractivity contribution >= 4 is 29.3 Å². The first-order valence-electron chi connectivity index (χ1n) is 9.77. The molecule has 2 N–H and O–H groups in total. The van der Waals surface area contributed by atoms with Crippen LogP contribution < -0.4 is 20.4 Å². The molecule has 2 aliphatic heterocycles. The summed E-state index contributed by atoms with van der Waals surface area (Å²) in [4.78, 5) is 38.3. The van der Waals surface area contributed by atoms with E-state index in [1.807, 2.05) is 12.1 Å². The van der Waals surface area contributed by atoms with Gasteiger partial charge in [-0.25, -0.2) is 14.8 Å². The van der Waals surface area contributed by atoms with Gasteiger partial charge in [0.1, 0.15) is 11.5 Å². The van der Waals surface area contributed by atoms with E-state index in [0.29, 0.717) is 17.3 Å². The van der Waals surface area contributed by atoms with Crippen LogP contribution >= 0.6 is 0 Å². The Morgan fingerprint density at radius 3 is 2.79 bits per heavy atom. The van der Waals surface area contributed by atoms with E-state index in [4.69, 9.17) is 0 Å². The summed E-state index contributed by atoms with van der Waals surface area (Å²) < 4.78 is 0. The lowest BCUT2D eigenvalue weighted by Crippen LogP contribution is -2.56. The lowest BCUT2D eigenvalue weighted by molar-refractivity contribution is 0.0946. The molecule has 3 amide bonds. The molecule has 1 saturated heterocycles. The number of pyridine rings is 2. The predicted molar refractivity (Wildman–Crippen MR) is 106 cm³/mol. The minimum absolute atomic E-state index is 0.0270. The lowest BCUT2D eigenvalue weighted by atomic mass is 10.00. The van der Waals surface area contributed by atoms with Gasteiger partial charge in [0.15, 0.2) is 5.82 Å². The standard InChI is InChI=1S/C20H22N6O2/c27-19(22-13-6-7-13)15-8-9-16-18(23-15)26(14-4-3-11-25(16)12-14)20(28)24-17-5-1-2-10-21-17/h1-2,5,8-10,13-14H,3-4,6-7,11-12H2,(H,22,27)(H,21,24,28). The highest BCUT2D eigenvalue weighted by Crippen LogP contribution is 2.38. The molecule has 1 unspecified atom stereocenters. The Balaban J connectivity index is 1.48. The molecule has 2 fully saturated rings. The lowest BCUT2D eigenvalue weighted by Gasteiger charge is -2.45. The fourth-order valence-corrected chi connectivity index (χ4v) is 3.90. The first-order valence-corrected chi connectivity index (χ1v) is 9.77. The van der Waals surface area contributed by atoms with Crippen molar-refractivity contribution in [1.29, 1.82) is 0 Å². The second kappa shape index (κ2) is 6.78. The molecule has 0 radical (unpaired) electrons. The fraction of sp³-hybridized carbons (Fsp3) is 0.400. The third-order valence-corrected chi connectivity index (χ3v) is 5.45. The van der Waals surface area contributed by atoms with Gasteiger partial charge < -0.3 is 10.2 Å². The minimum Gasteiger partial charge on any atom is -0.366 e. The normalized spacial score (nSPS) is 20.4. The molecule has 144 valence electrons. The number of piperidine rings is 1. The van der Waals surface area contributed by atoms with E-state index in [1.54, 1.807) is 29.3 Å². The van der Waals surface area contributed by atoms with E-state index in [-0.39, 0.29) is 24.0 Å². The van der Waals surface area contributed by atoms with Gasteiger partial charge in [-0.3, -0.25) is 15.0 Å². The molecule has 1 aliphatic carbocycles. The van der Waals surface area contributed by atoms with Crippen LogP contribution in [0, 0.1) is 0 Å². The van der Waals surface area contributed by atoms with Crippen molar-refractivity contribution in [3.05, 3.63) is 42.2 Å². The Labute approximate surface area is 163 Å². The number of carbonyl (C=O) groups excluding carboxylic acids is 2. The molecule has 2 aromatic rings. The largest absolute Gasteiger partial charge is 0.366 e. The van der Waals surface area contributed by atoms with E-state index < -0.39 is 0 Å². The van der Waals surface area contributed by atoms with E-state index >= 15 is 0 Å². The van der Waals surface area contributed by atoms with Gasteiger partial charge in [0.05, 0.1) is 11.7 Å². The van der Waals surface area contributed by atoms with Gasteiger partial charge in [0.2, 0.25) is 0 Å². The van der Waals surface area contributed by atoms with E-state index in [2.05, 4.69) is 25.5 Å². The predicted octanol–water partition coefficient (Wildman–Crippen LogP) is 2.39. The number of fused-ring (bicyclic) bond motifs is 4. The van der Waals surface area contributed by atoms with Crippen LogP contribution in [0.1, 0.15) is 36.2 Å². The van der Waals surface area contributed by atoms with Crippen LogP contribution in [0.25, 0.3) is 0 Å². The van der Waals surface area contributed by atoms with Crippen LogP contribution in [0.5, 0.6) is 0 Å². The number of nitrogens with one attached hydrogen (secondary N) is 2. The molecule has 28 heavy (non-hydrogen) atoms. The van der Waals surface area contributed by atoms with Crippen molar-refractivity contribution < 1.29 is 9.59 Å². The number of anilines is 3. The SMILES string of the molecule is O=C(NC1CC1)c1ccc2c(n1)N(C(=O)Nc1ccccn1)C1CCCN2C1. The van der Waals surface area contributed by atoms with Crippen LogP contribution in [0.2, 0.25) is 0 Å². The van der Waals surface area contributed by atoms with Gasteiger partial charge in [0.25, 0.3) is 5.91 Å². The molecule has 3 aliphatic rings. The van der Waals surface area contributed by atoms with E-state index in [9.17, 15) is 9.59 Å². The summed E-state index contributed by atoms with van der Waals surface area (Å²) in [6.45, 7) is 1.71. The molecule has 8 nitrogen and oxygen atoms in total. The minimum atomic E-state index is -0.265. The molecule has 8 heteroatoms. The number of carbonyl (C=O) groups is 2. The zero-order valence-corrected chi connectivity index (χ0v) is 15.5. The monoisotopic (exact) mass is 378 g/mol. The molecule has 5 rings (SSSR count). The smallest absolute Gasteiger partial charge is 0.329 e. The number of aromatic nitrogens is 2. The van der Waals surface area contributed by atoms with Crippen molar-refractivity contribution in [2.24, 2.45) is 0 Å². The van der Waals surface area contributed by atoms with Gasteiger partial charge in [0, 0.05) is 25.3 Å². The van der Waals surface area contributed by atoms with Crippen molar-refractivity contribution in [3.8, 4) is 0 Å². The number of hydrogen-bond acceptors (Lipinski definition) is 5. The summed E-state index contributed by atoms with van der Waals surface area (Å²) in [6, 6.07) is 9.07. The third kappa shape index (κ3) is 3.15. The Morgan fingerprint density at radius 1 is 1.11 bits per heavy atom. The average molecular weight is 378 g/mol. The molecular weight excluding hydrogens is 356 g/mol. The van der Waals surface area contributed by atoms with E-state index in [0.717, 1.165) is 44.5 Å². The average Bonchev–Trinajstić information content (AvgIpc) is 3.52. The summed E-state index contributed by atoms with van der Waals surface area (Å²) in [5.41, 5.74) is 1.25. The molecule has 0 aromatic carbocycles. The Kier molecular flexibility index (Phi) is 4.11. The van der Waals surface area contributed by atoms with Crippen molar-refractivity contribution in [3.63, 3.8) is 0 Å². The van der Waals surface area contributed by atoms with E-state index in [1.165, 1.54) is 0 Å². The highest BCUT2D eigenvalue weighted by molar-refractivity contribution is 6.04. The third-order valence-electron chi connectivity index (χ3n) is 5.45. The van der Waals surface area contributed by atoms with Gasteiger partial charge in [-0.15, -0.1) is 0 Å². The highest BCUT2D eigenvalue weighted by Gasteiger charge is 2.39.